The van der Waals surface area contributed by atoms with Crippen molar-refractivity contribution in [2.45, 2.75) is 20.3 Å². The summed E-state index contributed by atoms with van der Waals surface area (Å²) in [7, 11) is 0. The van der Waals surface area contributed by atoms with Crippen LogP contribution >= 0.6 is 0 Å². The van der Waals surface area contributed by atoms with Crippen molar-refractivity contribution in [1.82, 2.24) is 14.6 Å². The monoisotopic (exact) mass is 313 g/mol. The summed E-state index contributed by atoms with van der Waals surface area (Å²) in [5, 5.41) is 4.69. The van der Waals surface area contributed by atoms with Crippen LogP contribution in [0.5, 0.6) is 0 Å². The van der Waals surface area contributed by atoms with Crippen molar-refractivity contribution >= 4 is 5.65 Å². The first-order valence-electron chi connectivity index (χ1n) is 8.17. The Hall–Kier alpha value is -2.94. The van der Waals surface area contributed by atoms with E-state index in [1.807, 2.05) is 23.6 Å². The largest absolute Gasteiger partial charge is 0.233 e. The molecule has 3 nitrogen and oxygen atoms in total. The van der Waals surface area contributed by atoms with Crippen LogP contribution in [-0.2, 0) is 6.42 Å². The van der Waals surface area contributed by atoms with Crippen molar-refractivity contribution < 1.29 is 0 Å². The molecule has 24 heavy (non-hydrogen) atoms. The zero-order chi connectivity index (χ0) is 16.5. The van der Waals surface area contributed by atoms with Crippen molar-refractivity contribution in [3.05, 3.63) is 89.4 Å². The summed E-state index contributed by atoms with van der Waals surface area (Å²) in [6.45, 7) is 4.12. The second kappa shape index (κ2) is 5.93. The first kappa shape index (κ1) is 14.6. The van der Waals surface area contributed by atoms with Gasteiger partial charge in [-0.1, -0.05) is 60.7 Å². The topological polar surface area (TPSA) is 30.2 Å². The van der Waals surface area contributed by atoms with Crippen LogP contribution in [0, 0.1) is 13.8 Å². The molecule has 0 aliphatic rings. The Labute approximate surface area is 141 Å². The molecule has 0 fully saturated rings. The predicted octanol–water partition coefficient (Wildman–Crippen LogP) is 4.60. The van der Waals surface area contributed by atoms with Gasteiger partial charge < -0.3 is 0 Å². The lowest BCUT2D eigenvalue weighted by Crippen LogP contribution is -2.00. The van der Waals surface area contributed by atoms with Crippen LogP contribution in [0.4, 0.5) is 0 Å². The number of nitrogens with zero attached hydrogens (tertiary/aromatic N) is 3. The maximum Gasteiger partial charge on any atom is 0.163 e. The molecule has 0 amide bonds. The molecule has 2 aromatic carbocycles. The molecule has 0 aliphatic carbocycles. The molecule has 0 aliphatic heterocycles. The SMILES string of the molecule is Cc1nc2c(-c3ccccc3)c(C)nn2cc1Cc1ccccc1. The fraction of sp³-hybridized carbons (Fsp3) is 0.143. The van der Waals surface area contributed by atoms with Gasteiger partial charge >= 0.3 is 0 Å². The van der Waals surface area contributed by atoms with E-state index in [2.05, 4.69) is 66.8 Å². The number of benzene rings is 2. The van der Waals surface area contributed by atoms with Crippen molar-refractivity contribution in [2.24, 2.45) is 0 Å². The van der Waals surface area contributed by atoms with Gasteiger partial charge in [-0.2, -0.15) is 5.10 Å². The molecular weight excluding hydrogens is 294 g/mol. The fourth-order valence-corrected chi connectivity index (χ4v) is 3.14. The van der Waals surface area contributed by atoms with Gasteiger partial charge in [-0.15, -0.1) is 0 Å². The Morgan fingerprint density at radius 1 is 0.833 bits per heavy atom. The Kier molecular flexibility index (Phi) is 3.62. The predicted molar refractivity (Wildman–Crippen MR) is 97.1 cm³/mol. The van der Waals surface area contributed by atoms with Gasteiger partial charge in [0.2, 0.25) is 0 Å². The number of hydrogen-bond donors (Lipinski definition) is 0. The van der Waals surface area contributed by atoms with Gasteiger partial charge in [-0.05, 0) is 30.5 Å². The van der Waals surface area contributed by atoms with Gasteiger partial charge in [0, 0.05) is 23.9 Å². The van der Waals surface area contributed by atoms with Crippen LogP contribution < -0.4 is 0 Å². The molecule has 2 aromatic heterocycles. The Balaban J connectivity index is 1.83. The molecule has 3 heteroatoms. The summed E-state index contributed by atoms with van der Waals surface area (Å²) in [4.78, 5) is 4.87. The lowest BCUT2D eigenvalue weighted by Gasteiger charge is -2.07. The maximum absolute atomic E-state index is 4.87. The lowest BCUT2D eigenvalue weighted by molar-refractivity contribution is 0.886. The second-order valence-electron chi connectivity index (χ2n) is 6.11. The van der Waals surface area contributed by atoms with Crippen LogP contribution in [0.2, 0.25) is 0 Å². The Bertz CT molecular complexity index is 986. The normalized spacial score (nSPS) is 11.1. The van der Waals surface area contributed by atoms with E-state index in [0.29, 0.717) is 0 Å². The molecule has 0 saturated carbocycles. The Morgan fingerprint density at radius 2 is 1.50 bits per heavy atom. The molecule has 0 radical (unpaired) electrons. The number of aryl methyl sites for hydroxylation is 2. The Morgan fingerprint density at radius 3 is 2.21 bits per heavy atom. The van der Waals surface area contributed by atoms with E-state index in [9.17, 15) is 0 Å². The summed E-state index contributed by atoms with van der Waals surface area (Å²) >= 11 is 0. The summed E-state index contributed by atoms with van der Waals surface area (Å²) in [6.07, 6.45) is 2.99. The van der Waals surface area contributed by atoms with Crippen molar-refractivity contribution in [3.63, 3.8) is 0 Å². The summed E-state index contributed by atoms with van der Waals surface area (Å²) < 4.78 is 1.92. The van der Waals surface area contributed by atoms with Crippen molar-refractivity contribution in [2.75, 3.05) is 0 Å². The van der Waals surface area contributed by atoms with Gasteiger partial charge in [-0.25, -0.2) is 9.50 Å². The third kappa shape index (κ3) is 2.58. The highest BCUT2D eigenvalue weighted by atomic mass is 15.3. The summed E-state index contributed by atoms with van der Waals surface area (Å²) in [5.74, 6) is 0. The van der Waals surface area contributed by atoms with E-state index in [-0.39, 0.29) is 0 Å². The molecule has 118 valence electrons. The lowest BCUT2D eigenvalue weighted by atomic mass is 10.0. The standard InChI is InChI=1S/C21H19N3/c1-15-19(13-17-9-5-3-6-10-17)14-24-21(22-15)20(16(2)23-24)18-11-7-4-8-12-18/h3-12,14H,13H2,1-2H3. The van der Waals surface area contributed by atoms with Gasteiger partial charge in [-0.3, -0.25) is 0 Å². The molecule has 0 saturated heterocycles. The summed E-state index contributed by atoms with van der Waals surface area (Å²) in [5.41, 5.74) is 7.75. The van der Waals surface area contributed by atoms with Crippen LogP contribution in [0.3, 0.4) is 0 Å². The van der Waals surface area contributed by atoms with Crippen LogP contribution in [-0.4, -0.2) is 14.6 Å². The zero-order valence-electron chi connectivity index (χ0n) is 13.9. The highest BCUT2D eigenvalue weighted by Gasteiger charge is 2.14. The smallest absolute Gasteiger partial charge is 0.163 e. The van der Waals surface area contributed by atoms with Crippen LogP contribution in [0.15, 0.2) is 66.9 Å². The minimum Gasteiger partial charge on any atom is -0.233 e. The average molecular weight is 313 g/mol. The van der Waals surface area contributed by atoms with E-state index in [4.69, 9.17) is 4.98 Å². The highest BCUT2D eigenvalue weighted by molar-refractivity contribution is 5.79. The molecule has 4 rings (SSSR count). The molecule has 0 spiro atoms. The minimum atomic E-state index is 0.870. The molecule has 2 heterocycles. The van der Waals surface area contributed by atoms with Gasteiger partial charge in [0.1, 0.15) is 0 Å². The number of rotatable bonds is 3. The number of hydrogen-bond acceptors (Lipinski definition) is 2. The van der Waals surface area contributed by atoms with Crippen molar-refractivity contribution in [3.8, 4) is 11.1 Å². The maximum atomic E-state index is 4.87. The van der Waals surface area contributed by atoms with E-state index >= 15 is 0 Å². The molecule has 0 bridgehead atoms. The van der Waals surface area contributed by atoms with E-state index in [1.54, 1.807) is 0 Å². The minimum absolute atomic E-state index is 0.870. The van der Waals surface area contributed by atoms with E-state index in [1.165, 1.54) is 11.1 Å². The molecule has 0 N–H and O–H groups in total. The second-order valence-corrected chi connectivity index (χ2v) is 6.11. The van der Waals surface area contributed by atoms with Crippen molar-refractivity contribution in [1.29, 1.82) is 0 Å². The van der Waals surface area contributed by atoms with Gasteiger partial charge in [0.05, 0.1) is 5.69 Å². The third-order valence-electron chi connectivity index (χ3n) is 4.38. The number of aromatic nitrogens is 3. The molecule has 0 atom stereocenters. The quantitative estimate of drug-likeness (QED) is 0.553. The first-order chi connectivity index (χ1) is 11.7. The zero-order valence-corrected chi connectivity index (χ0v) is 13.9. The average Bonchev–Trinajstić information content (AvgIpc) is 2.92. The van der Waals surface area contributed by atoms with Gasteiger partial charge in [0.25, 0.3) is 0 Å². The molecule has 0 unspecified atom stereocenters. The number of fused-ring (bicyclic) bond motifs is 1. The van der Waals surface area contributed by atoms with Crippen LogP contribution in [0.25, 0.3) is 16.8 Å². The first-order valence-corrected chi connectivity index (χ1v) is 8.17. The highest BCUT2D eigenvalue weighted by Crippen LogP contribution is 2.27. The molecular formula is C21H19N3. The van der Waals surface area contributed by atoms with Gasteiger partial charge in [0.15, 0.2) is 5.65 Å². The molecule has 4 aromatic rings. The van der Waals surface area contributed by atoms with E-state index < -0.39 is 0 Å². The summed E-state index contributed by atoms with van der Waals surface area (Å²) in [6, 6.07) is 20.8. The van der Waals surface area contributed by atoms with E-state index in [0.717, 1.165) is 34.6 Å². The third-order valence-corrected chi connectivity index (χ3v) is 4.38. The fourth-order valence-electron chi connectivity index (χ4n) is 3.14. The van der Waals surface area contributed by atoms with Crippen LogP contribution in [0.1, 0.15) is 22.5 Å².